The van der Waals surface area contributed by atoms with Crippen LogP contribution in [0.25, 0.3) is 0 Å². The Balaban J connectivity index is 1.48. The normalized spacial score (nSPS) is 14.3. The third kappa shape index (κ3) is 5.58. The third-order valence-corrected chi connectivity index (χ3v) is 4.69. The molecule has 5 nitrogen and oxygen atoms in total. The molecule has 0 spiro atoms. The molecule has 2 amide bonds. The zero-order valence-corrected chi connectivity index (χ0v) is 15.8. The summed E-state index contributed by atoms with van der Waals surface area (Å²) in [5, 5.41) is 5.82. The zero-order chi connectivity index (χ0) is 19.2. The van der Waals surface area contributed by atoms with E-state index in [4.69, 9.17) is 4.74 Å². The summed E-state index contributed by atoms with van der Waals surface area (Å²) in [6, 6.07) is 15.3. The molecule has 142 valence electrons. The lowest BCUT2D eigenvalue weighted by atomic mass is 10.1. The number of anilines is 1. The lowest BCUT2D eigenvalue weighted by Gasteiger charge is -2.15. The van der Waals surface area contributed by atoms with E-state index in [0.717, 1.165) is 24.8 Å². The van der Waals surface area contributed by atoms with Crippen LogP contribution in [0.1, 0.15) is 43.9 Å². The molecule has 0 saturated heterocycles. The van der Waals surface area contributed by atoms with Gasteiger partial charge in [0.2, 0.25) is 5.91 Å². The standard InChI is InChI=1S/C22H26N2O3/c1-3-16-7-9-17(10-8-16)15(2)23-21(25)14-27-20-6-4-5-19(13-20)24-22(26)18-11-12-18/h4-10,13,15,18H,3,11-12,14H2,1-2H3,(H,23,25)(H,24,26). The minimum atomic E-state index is -0.186. The van der Waals surface area contributed by atoms with Crippen molar-refractivity contribution in [3.8, 4) is 5.75 Å². The first-order valence-electron chi connectivity index (χ1n) is 9.47. The molecule has 27 heavy (non-hydrogen) atoms. The second-order valence-electron chi connectivity index (χ2n) is 6.96. The average molecular weight is 366 g/mol. The molecule has 0 aromatic heterocycles. The number of amides is 2. The monoisotopic (exact) mass is 366 g/mol. The van der Waals surface area contributed by atoms with Crippen molar-refractivity contribution in [1.82, 2.24) is 5.32 Å². The summed E-state index contributed by atoms with van der Waals surface area (Å²) in [6.07, 6.45) is 2.91. The highest BCUT2D eigenvalue weighted by molar-refractivity contribution is 5.94. The molecule has 1 unspecified atom stereocenters. The third-order valence-electron chi connectivity index (χ3n) is 4.69. The van der Waals surface area contributed by atoms with Gasteiger partial charge in [-0.25, -0.2) is 0 Å². The van der Waals surface area contributed by atoms with E-state index in [0.29, 0.717) is 11.4 Å². The van der Waals surface area contributed by atoms with Crippen LogP contribution in [0.2, 0.25) is 0 Å². The van der Waals surface area contributed by atoms with Crippen LogP contribution in [0, 0.1) is 5.92 Å². The minimum Gasteiger partial charge on any atom is -0.484 e. The molecule has 1 fully saturated rings. The molecule has 0 aliphatic heterocycles. The van der Waals surface area contributed by atoms with Crippen molar-refractivity contribution in [2.45, 2.75) is 39.2 Å². The Labute approximate surface area is 160 Å². The lowest BCUT2D eigenvalue weighted by molar-refractivity contribution is -0.123. The van der Waals surface area contributed by atoms with E-state index in [1.54, 1.807) is 18.2 Å². The van der Waals surface area contributed by atoms with Crippen LogP contribution in [0.3, 0.4) is 0 Å². The summed E-state index contributed by atoms with van der Waals surface area (Å²) in [6.45, 7) is 3.99. The van der Waals surface area contributed by atoms with Gasteiger partial charge in [0.05, 0.1) is 6.04 Å². The number of hydrogen-bond acceptors (Lipinski definition) is 3. The molecule has 1 aliphatic rings. The first-order valence-corrected chi connectivity index (χ1v) is 9.47. The molecule has 1 atom stereocenters. The molecule has 1 aliphatic carbocycles. The quantitative estimate of drug-likeness (QED) is 0.746. The lowest BCUT2D eigenvalue weighted by Crippen LogP contribution is -2.31. The van der Waals surface area contributed by atoms with Crippen LogP contribution in [0.4, 0.5) is 5.69 Å². The maximum absolute atomic E-state index is 12.2. The van der Waals surface area contributed by atoms with Crippen molar-refractivity contribution in [2.75, 3.05) is 11.9 Å². The second-order valence-corrected chi connectivity index (χ2v) is 6.96. The molecule has 0 radical (unpaired) electrons. The van der Waals surface area contributed by atoms with Crippen LogP contribution < -0.4 is 15.4 Å². The van der Waals surface area contributed by atoms with Crippen LogP contribution in [-0.2, 0) is 16.0 Å². The van der Waals surface area contributed by atoms with Gasteiger partial charge in [-0.3, -0.25) is 9.59 Å². The van der Waals surface area contributed by atoms with Gasteiger partial charge in [0.15, 0.2) is 6.61 Å². The fourth-order valence-corrected chi connectivity index (χ4v) is 2.81. The van der Waals surface area contributed by atoms with Crippen LogP contribution in [0.5, 0.6) is 5.75 Å². The zero-order valence-electron chi connectivity index (χ0n) is 15.8. The van der Waals surface area contributed by atoms with Gasteiger partial charge >= 0.3 is 0 Å². The highest BCUT2D eigenvalue weighted by Crippen LogP contribution is 2.30. The minimum absolute atomic E-state index is 0.0489. The number of carbonyl (C=O) groups is 2. The van der Waals surface area contributed by atoms with Gasteiger partial charge in [0.25, 0.3) is 5.91 Å². The summed E-state index contributed by atoms with van der Waals surface area (Å²) >= 11 is 0. The number of nitrogens with one attached hydrogen (secondary N) is 2. The van der Waals surface area contributed by atoms with Gasteiger partial charge in [-0.15, -0.1) is 0 Å². The first kappa shape index (κ1) is 19.0. The highest BCUT2D eigenvalue weighted by Gasteiger charge is 2.29. The molecule has 5 heteroatoms. The molecule has 0 bridgehead atoms. The summed E-state index contributed by atoms with van der Waals surface area (Å²) in [7, 11) is 0. The molecule has 1 saturated carbocycles. The fraction of sp³-hybridized carbons (Fsp3) is 0.364. The predicted octanol–water partition coefficient (Wildman–Crippen LogP) is 3.85. The van der Waals surface area contributed by atoms with Crippen molar-refractivity contribution in [2.24, 2.45) is 5.92 Å². The van der Waals surface area contributed by atoms with Gasteiger partial charge in [-0.2, -0.15) is 0 Å². The van der Waals surface area contributed by atoms with Gasteiger partial charge in [-0.1, -0.05) is 37.3 Å². The molecular weight excluding hydrogens is 340 g/mol. The Morgan fingerprint density at radius 2 is 1.89 bits per heavy atom. The van der Waals surface area contributed by atoms with E-state index in [-0.39, 0.29) is 30.4 Å². The van der Waals surface area contributed by atoms with Crippen molar-refractivity contribution < 1.29 is 14.3 Å². The largest absolute Gasteiger partial charge is 0.484 e. The predicted molar refractivity (Wildman–Crippen MR) is 106 cm³/mol. The van der Waals surface area contributed by atoms with Crippen molar-refractivity contribution >= 4 is 17.5 Å². The number of aryl methyl sites for hydroxylation is 1. The number of hydrogen-bond donors (Lipinski definition) is 2. The number of rotatable bonds is 8. The van der Waals surface area contributed by atoms with E-state index in [2.05, 4.69) is 29.7 Å². The van der Waals surface area contributed by atoms with Gasteiger partial charge in [0, 0.05) is 17.7 Å². The summed E-state index contributed by atoms with van der Waals surface area (Å²) in [4.78, 5) is 24.0. The van der Waals surface area contributed by atoms with Gasteiger partial charge < -0.3 is 15.4 Å². The SMILES string of the molecule is CCc1ccc(C(C)NC(=O)COc2cccc(NC(=O)C3CC3)c2)cc1. The molecule has 2 aromatic carbocycles. The van der Waals surface area contributed by atoms with E-state index in [1.165, 1.54) is 5.56 Å². The molecular formula is C22H26N2O3. The number of benzene rings is 2. The summed E-state index contributed by atoms with van der Waals surface area (Å²) in [5.41, 5.74) is 3.02. The van der Waals surface area contributed by atoms with E-state index < -0.39 is 0 Å². The fourth-order valence-electron chi connectivity index (χ4n) is 2.81. The second kappa shape index (κ2) is 8.71. The van der Waals surface area contributed by atoms with E-state index >= 15 is 0 Å². The van der Waals surface area contributed by atoms with Crippen molar-refractivity contribution in [3.63, 3.8) is 0 Å². The number of ether oxygens (including phenoxy) is 1. The molecule has 0 heterocycles. The van der Waals surface area contributed by atoms with Gasteiger partial charge in [0.1, 0.15) is 5.75 Å². The first-order chi connectivity index (χ1) is 13.0. The molecule has 2 aromatic rings. The Morgan fingerprint density at radius 1 is 1.15 bits per heavy atom. The highest BCUT2D eigenvalue weighted by atomic mass is 16.5. The smallest absolute Gasteiger partial charge is 0.258 e. The average Bonchev–Trinajstić information content (AvgIpc) is 3.52. The van der Waals surface area contributed by atoms with Crippen molar-refractivity contribution in [3.05, 3.63) is 59.7 Å². The molecule has 2 N–H and O–H groups in total. The Morgan fingerprint density at radius 3 is 2.56 bits per heavy atom. The van der Waals surface area contributed by atoms with Crippen molar-refractivity contribution in [1.29, 1.82) is 0 Å². The maximum Gasteiger partial charge on any atom is 0.258 e. The summed E-state index contributed by atoms with van der Waals surface area (Å²) < 4.78 is 5.58. The molecule has 3 rings (SSSR count). The topological polar surface area (TPSA) is 67.4 Å². The number of carbonyl (C=O) groups excluding carboxylic acids is 2. The van der Waals surface area contributed by atoms with E-state index in [9.17, 15) is 9.59 Å². The van der Waals surface area contributed by atoms with Crippen LogP contribution in [-0.4, -0.2) is 18.4 Å². The van der Waals surface area contributed by atoms with Crippen LogP contribution >= 0.6 is 0 Å². The van der Waals surface area contributed by atoms with Crippen LogP contribution in [0.15, 0.2) is 48.5 Å². The van der Waals surface area contributed by atoms with E-state index in [1.807, 2.05) is 25.1 Å². The Kier molecular flexibility index (Phi) is 6.12. The summed E-state index contributed by atoms with van der Waals surface area (Å²) in [5.74, 6) is 0.564. The van der Waals surface area contributed by atoms with Gasteiger partial charge in [-0.05, 0) is 49.4 Å². The maximum atomic E-state index is 12.2. The Bertz CT molecular complexity index is 797. The Hall–Kier alpha value is -2.82.